The number of hydrogen-bond donors (Lipinski definition) is 0. The van der Waals surface area contributed by atoms with Crippen LogP contribution in [-0.2, 0) is 31.4 Å². The Morgan fingerprint density at radius 1 is 0.812 bits per heavy atom. The third-order valence-electron chi connectivity index (χ3n) is 3.59. The number of rotatable bonds is 17. The van der Waals surface area contributed by atoms with Crippen molar-refractivity contribution in [3.8, 4) is 0 Å². The molecule has 0 spiro atoms. The van der Waals surface area contributed by atoms with Crippen molar-refractivity contribution >= 4 is 39.7 Å². The summed E-state index contributed by atoms with van der Waals surface area (Å²) in [6, 6.07) is 0.716. The molecule has 1 unspecified atom stereocenters. The van der Waals surface area contributed by atoms with Gasteiger partial charge in [0.25, 0.3) is 0 Å². The maximum Gasteiger partial charge on any atom is 0.469 e. The predicted molar refractivity (Wildman–Crippen MR) is 140 cm³/mol. The fourth-order valence-corrected chi connectivity index (χ4v) is 17.5. The molecule has 0 amide bonds. The zero-order valence-electron chi connectivity index (χ0n) is 22.4. The van der Waals surface area contributed by atoms with E-state index in [2.05, 4.69) is 65.5 Å². The van der Waals surface area contributed by atoms with E-state index in [1.165, 1.54) is 0 Å². The lowest BCUT2D eigenvalue weighted by molar-refractivity contribution is -0.151. The number of esters is 1. The fourth-order valence-electron chi connectivity index (χ4n) is 2.84. The van der Waals surface area contributed by atoms with Crippen molar-refractivity contribution < 1.29 is 31.4 Å². The van der Waals surface area contributed by atoms with Crippen LogP contribution >= 0.6 is 0 Å². The van der Waals surface area contributed by atoms with E-state index >= 15 is 0 Å². The van der Waals surface area contributed by atoms with Crippen molar-refractivity contribution in [1.29, 1.82) is 0 Å². The molecule has 0 aliphatic carbocycles. The lowest BCUT2D eigenvalue weighted by Gasteiger charge is -2.42. The summed E-state index contributed by atoms with van der Waals surface area (Å²) < 4.78 is 36.8. The van der Waals surface area contributed by atoms with Crippen LogP contribution in [0.15, 0.2) is 12.2 Å². The van der Waals surface area contributed by atoms with Crippen LogP contribution < -0.4 is 0 Å². The summed E-state index contributed by atoms with van der Waals surface area (Å²) in [5.41, 5.74) is 0.359. The molecule has 0 radical (unpaired) electrons. The van der Waals surface area contributed by atoms with Crippen molar-refractivity contribution in [3.05, 3.63) is 12.2 Å². The van der Waals surface area contributed by atoms with E-state index in [9.17, 15) is 4.79 Å². The third kappa shape index (κ3) is 16.5. The van der Waals surface area contributed by atoms with Gasteiger partial charge in [-0.3, -0.25) is 0 Å². The Morgan fingerprint density at radius 2 is 1.25 bits per heavy atom. The van der Waals surface area contributed by atoms with E-state index in [-0.39, 0.29) is 6.61 Å². The van der Waals surface area contributed by atoms with Crippen LogP contribution in [0, 0.1) is 0 Å². The SMILES string of the molecule is C=C(C)C(=O)OC(COCC)COCCC[Si](O[Si](C)(C)C)(O[Si](C)(C)C)O[Si](C)(C)C. The van der Waals surface area contributed by atoms with Crippen LogP contribution in [-0.4, -0.2) is 72.3 Å². The average Bonchev–Trinajstić information content (AvgIpc) is 2.53. The highest BCUT2D eigenvalue weighted by molar-refractivity contribution is 6.90. The monoisotopic (exact) mass is 524 g/mol. The Labute approximate surface area is 200 Å². The molecule has 190 valence electrons. The van der Waals surface area contributed by atoms with Gasteiger partial charge >= 0.3 is 14.8 Å². The van der Waals surface area contributed by atoms with Gasteiger partial charge in [0.15, 0.2) is 25.0 Å². The molecule has 0 aromatic rings. The summed E-state index contributed by atoms with van der Waals surface area (Å²) in [5, 5.41) is 0. The van der Waals surface area contributed by atoms with Crippen LogP contribution in [0.5, 0.6) is 0 Å². The maximum atomic E-state index is 11.9. The Hall–Kier alpha value is -0.122. The molecule has 0 bridgehead atoms. The third-order valence-corrected chi connectivity index (χ3v) is 15.6. The van der Waals surface area contributed by atoms with E-state index in [4.69, 9.17) is 26.6 Å². The van der Waals surface area contributed by atoms with Gasteiger partial charge in [0.1, 0.15) is 6.10 Å². The Balaban J connectivity index is 5.14. The lowest BCUT2D eigenvalue weighted by atomic mass is 10.3. The van der Waals surface area contributed by atoms with Gasteiger partial charge in [0, 0.05) is 24.8 Å². The Morgan fingerprint density at radius 3 is 1.62 bits per heavy atom. The van der Waals surface area contributed by atoms with Gasteiger partial charge in [-0.1, -0.05) is 6.58 Å². The number of hydrogen-bond acceptors (Lipinski definition) is 7. The van der Waals surface area contributed by atoms with Gasteiger partial charge in [-0.05, 0) is 79.2 Å². The van der Waals surface area contributed by atoms with Gasteiger partial charge in [-0.2, -0.15) is 0 Å². The lowest BCUT2D eigenvalue weighted by Crippen LogP contribution is -2.60. The molecule has 0 aromatic carbocycles. The Kier molecular flexibility index (Phi) is 13.6. The van der Waals surface area contributed by atoms with E-state index in [1.54, 1.807) is 6.92 Å². The van der Waals surface area contributed by atoms with Crippen molar-refractivity contribution in [3.63, 3.8) is 0 Å². The van der Waals surface area contributed by atoms with Crippen molar-refractivity contribution in [1.82, 2.24) is 0 Å². The molecule has 1 atom stereocenters. The average molecular weight is 525 g/mol. The second kappa shape index (κ2) is 13.7. The molecule has 32 heavy (non-hydrogen) atoms. The summed E-state index contributed by atoms with van der Waals surface area (Å²) in [6.07, 6.45) is 0.289. The molecule has 0 saturated heterocycles. The van der Waals surface area contributed by atoms with Crippen LogP contribution in [0.2, 0.25) is 65.0 Å². The van der Waals surface area contributed by atoms with E-state index in [1.807, 2.05) is 6.92 Å². The first-order valence-corrected chi connectivity index (χ1v) is 23.7. The second-order valence-corrected chi connectivity index (χ2v) is 28.0. The summed E-state index contributed by atoms with van der Waals surface area (Å²) in [6.45, 7) is 28.4. The predicted octanol–water partition coefficient (Wildman–Crippen LogP) is 5.41. The number of ether oxygens (including phenoxy) is 3. The van der Waals surface area contributed by atoms with E-state index < -0.39 is 45.8 Å². The van der Waals surface area contributed by atoms with Gasteiger partial charge in [0.2, 0.25) is 0 Å². The fraction of sp³-hybridized carbons (Fsp3) is 0.857. The molecule has 0 saturated carbocycles. The summed E-state index contributed by atoms with van der Waals surface area (Å²) in [7, 11) is -8.53. The zero-order valence-corrected chi connectivity index (χ0v) is 26.4. The highest BCUT2D eigenvalue weighted by Crippen LogP contribution is 2.29. The molecular formula is C21H48O7Si4. The van der Waals surface area contributed by atoms with Gasteiger partial charge in [0.05, 0.1) is 13.2 Å². The van der Waals surface area contributed by atoms with Crippen LogP contribution in [0.25, 0.3) is 0 Å². The topological polar surface area (TPSA) is 72.5 Å². The molecule has 0 heterocycles. The summed E-state index contributed by atoms with van der Waals surface area (Å²) in [4.78, 5) is 11.9. The standard InChI is InChI=1S/C21H48O7Si4/c1-13-23-17-20(25-21(22)19(2)3)18-24-15-14-16-32(26-29(4,5)6,27-30(7,8)9)28-31(10,11)12/h20H,2,13-18H2,1,3-12H3. The molecular weight excluding hydrogens is 477 g/mol. The van der Waals surface area contributed by atoms with E-state index in [0.29, 0.717) is 31.4 Å². The largest absolute Gasteiger partial charge is 0.469 e. The number of carbonyl (C=O) groups excluding carboxylic acids is 1. The van der Waals surface area contributed by atoms with Crippen LogP contribution in [0.1, 0.15) is 20.3 Å². The van der Waals surface area contributed by atoms with Gasteiger partial charge in [-0.15, -0.1) is 0 Å². The summed E-state index contributed by atoms with van der Waals surface area (Å²) in [5.74, 6) is -0.430. The first-order chi connectivity index (χ1) is 14.4. The first kappa shape index (κ1) is 31.9. The summed E-state index contributed by atoms with van der Waals surface area (Å²) >= 11 is 0. The highest BCUT2D eigenvalue weighted by Gasteiger charge is 2.49. The minimum atomic E-state index is -2.86. The molecule has 0 fully saturated rings. The van der Waals surface area contributed by atoms with Gasteiger partial charge < -0.3 is 26.6 Å². The first-order valence-electron chi connectivity index (χ1n) is 11.5. The van der Waals surface area contributed by atoms with Crippen molar-refractivity contribution in [2.24, 2.45) is 0 Å². The van der Waals surface area contributed by atoms with Crippen molar-refractivity contribution in [2.45, 2.75) is 91.3 Å². The smallest absolute Gasteiger partial charge is 0.454 e. The Bertz CT molecular complexity index is 539. The second-order valence-electron chi connectivity index (χ2n) is 11.0. The molecule has 0 rings (SSSR count). The minimum absolute atomic E-state index is 0.270. The minimum Gasteiger partial charge on any atom is -0.454 e. The molecule has 0 aromatic heterocycles. The normalized spacial score (nSPS) is 14.3. The molecule has 11 heteroatoms. The van der Waals surface area contributed by atoms with Crippen molar-refractivity contribution in [2.75, 3.05) is 26.4 Å². The molecule has 7 nitrogen and oxygen atoms in total. The molecule has 0 N–H and O–H groups in total. The van der Waals surface area contributed by atoms with Crippen LogP contribution in [0.3, 0.4) is 0 Å². The molecule has 0 aliphatic heterocycles. The molecule has 0 aliphatic rings. The van der Waals surface area contributed by atoms with Gasteiger partial charge in [-0.25, -0.2) is 4.79 Å². The highest BCUT2D eigenvalue weighted by atomic mass is 28.5. The van der Waals surface area contributed by atoms with E-state index in [0.717, 1.165) is 6.42 Å². The zero-order chi connectivity index (χ0) is 25.2. The quantitative estimate of drug-likeness (QED) is 0.109. The number of carbonyl (C=O) groups is 1. The maximum absolute atomic E-state index is 11.9. The van der Waals surface area contributed by atoms with Crippen LogP contribution in [0.4, 0.5) is 0 Å².